The molecule has 0 atom stereocenters. The van der Waals surface area contributed by atoms with Gasteiger partial charge in [0.05, 0.1) is 6.54 Å². The van der Waals surface area contributed by atoms with Gasteiger partial charge in [-0.1, -0.05) is 6.07 Å². The van der Waals surface area contributed by atoms with Gasteiger partial charge in [0.1, 0.15) is 5.56 Å². The second-order valence-electron chi connectivity index (χ2n) is 4.03. The lowest BCUT2D eigenvalue weighted by atomic mass is 10.2. The summed E-state index contributed by atoms with van der Waals surface area (Å²) in [6.45, 7) is 2.22. The summed E-state index contributed by atoms with van der Waals surface area (Å²) < 4.78 is 1.36. The largest absolute Gasteiger partial charge is 0.477 e. The first-order chi connectivity index (χ1) is 8.58. The van der Waals surface area contributed by atoms with E-state index in [0.717, 1.165) is 11.1 Å². The molecule has 2 aromatic rings. The van der Waals surface area contributed by atoms with E-state index in [4.69, 9.17) is 5.11 Å². The van der Waals surface area contributed by atoms with Gasteiger partial charge in [0, 0.05) is 18.6 Å². The maximum absolute atomic E-state index is 11.9. The average molecular weight is 244 g/mol. The van der Waals surface area contributed by atoms with Crippen molar-refractivity contribution in [3.8, 4) is 0 Å². The van der Waals surface area contributed by atoms with Crippen LogP contribution in [0.3, 0.4) is 0 Å². The Morgan fingerprint density at radius 3 is 2.89 bits per heavy atom. The quantitative estimate of drug-likeness (QED) is 0.883. The second-order valence-corrected chi connectivity index (χ2v) is 4.03. The summed E-state index contributed by atoms with van der Waals surface area (Å²) in [6, 6.07) is 4.76. The first kappa shape index (κ1) is 12.0. The normalized spacial score (nSPS) is 10.3. The number of carbonyl (C=O) groups is 1. The van der Waals surface area contributed by atoms with E-state index in [1.54, 1.807) is 24.7 Å². The minimum atomic E-state index is -1.21. The molecule has 1 N–H and O–H groups in total. The number of pyridine rings is 2. The first-order valence-corrected chi connectivity index (χ1v) is 5.41. The van der Waals surface area contributed by atoms with E-state index in [9.17, 15) is 9.59 Å². The van der Waals surface area contributed by atoms with Crippen molar-refractivity contribution in [2.75, 3.05) is 0 Å². The van der Waals surface area contributed by atoms with Gasteiger partial charge >= 0.3 is 5.97 Å². The number of carboxylic acid groups (broad SMARTS) is 1. The van der Waals surface area contributed by atoms with Crippen LogP contribution >= 0.6 is 0 Å². The van der Waals surface area contributed by atoms with Crippen molar-refractivity contribution in [3.05, 3.63) is 63.8 Å². The van der Waals surface area contributed by atoms with Crippen LogP contribution in [0.15, 0.2) is 41.6 Å². The topological polar surface area (TPSA) is 72.2 Å². The third-order valence-corrected chi connectivity index (χ3v) is 2.54. The molecular weight excluding hydrogens is 232 g/mol. The summed E-state index contributed by atoms with van der Waals surface area (Å²) in [7, 11) is 0. The highest BCUT2D eigenvalue weighted by Gasteiger charge is 2.10. The molecule has 2 aromatic heterocycles. The van der Waals surface area contributed by atoms with Gasteiger partial charge in [-0.15, -0.1) is 0 Å². The monoisotopic (exact) mass is 244 g/mol. The van der Waals surface area contributed by atoms with Crippen molar-refractivity contribution in [3.63, 3.8) is 0 Å². The fourth-order valence-electron chi connectivity index (χ4n) is 1.72. The fraction of sp³-hybridized carbons (Fsp3) is 0.154. The number of rotatable bonds is 3. The van der Waals surface area contributed by atoms with E-state index in [0.29, 0.717) is 6.54 Å². The van der Waals surface area contributed by atoms with Gasteiger partial charge in [-0.2, -0.15) is 0 Å². The maximum atomic E-state index is 11.9. The van der Waals surface area contributed by atoms with Crippen molar-refractivity contribution in [1.29, 1.82) is 0 Å². The molecule has 0 unspecified atom stereocenters. The SMILES string of the molecule is Cc1cncc(Cn2cccc(C(=O)O)c2=O)c1. The molecule has 5 heteroatoms. The molecule has 0 amide bonds. The number of aromatic carboxylic acids is 1. The molecule has 2 rings (SSSR count). The summed E-state index contributed by atoms with van der Waals surface area (Å²) in [5.74, 6) is -1.21. The molecule has 0 saturated heterocycles. The number of aromatic nitrogens is 2. The summed E-state index contributed by atoms with van der Waals surface area (Å²) in [4.78, 5) is 26.8. The van der Waals surface area contributed by atoms with Crippen LogP contribution in [0.1, 0.15) is 21.5 Å². The van der Waals surface area contributed by atoms with Crippen LogP contribution < -0.4 is 5.56 Å². The minimum Gasteiger partial charge on any atom is -0.477 e. The van der Waals surface area contributed by atoms with Crippen LogP contribution in [-0.2, 0) is 6.54 Å². The molecule has 0 aliphatic rings. The Balaban J connectivity index is 2.38. The molecule has 0 saturated carbocycles. The van der Waals surface area contributed by atoms with Gasteiger partial charge in [-0.05, 0) is 30.2 Å². The van der Waals surface area contributed by atoms with E-state index < -0.39 is 11.5 Å². The van der Waals surface area contributed by atoms with E-state index >= 15 is 0 Å². The third-order valence-electron chi connectivity index (χ3n) is 2.54. The van der Waals surface area contributed by atoms with Crippen molar-refractivity contribution in [2.24, 2.45) is 0 Å². The van der Waals surface area contributed by atoms with Gasteiger partial charge in [-0.3, -0.25) is 9.78 Å². The molecule has 0 bridgehead atoms. The zero-order chi connectivity index (χ0) is 13.1. The number of carboxylic acids is 1. The molecule has 0 radical (unpaired) electrons. The Hall–Kier alpha value is -2.43. The van der Waals surface area contributed by atoms with Gasteiger partial charge in [-0.25, -0.2) is 4.79 Å². The molecule has 2 heterocycles. The molecule has 0 aliphatic heterocycles. The number of hydrogen-bond donors (Lipinski definition) is 1. The van der Waals surface area contributed by atoms with Gasteiger partial charge < -0.3 is 9.67 Å². The van der Waals surface area contributed by atoms with E-state index in [1.165, 1.54) is 10.6 Å². The van der Waals surface area contributed by atoms with Crippen LogP contribution in [-0.4, -0.2) is 20.6 Å². The minimum absolute atomic E-state index is 0.224. The summed E-state index contributed by atoms with van der Waals surface area (Å²) in [5.41, 5.74) is 1.12. The highest BCUT2D eigenvalue weighted by Crippen LogP contribution is 2.03. The summed E-state index contributed by atoms with van der Waals surface area (Å²) in [5, 5.41) is 8.87. The zero-order valence-electron chi connectivity index (χ0n) is 9.83. The molecular formula is C13H12N2O3. The van der Waals surface area contributed by atoms with Crippen LogP contribution in [0, 0.1) is 6.92 Å². The van der Waals surface area contributed by atoms with Gasteiger partial charge in [0.2, 0.25) is 0 Å². The summed E-state index contributed by atoms with van der Waals surface area (Å²) in [6.07, 6.45) is 4.95. The van der Waals surface area contributed by atoms with E-state index in [2.05, 4.69) is 4.98 Å². The molecule has 0 fully saturated rings. The molecule has 92 valence electrons. The zero-order valence-corrected chi connectivity index (χ0v) is 9.83. The van der Waals surface area contributed by atoms with Crippen LogP contribution in [0.4, 0.5) is 0 Å². The Morgan fingerprint density at radius 1 is 1.44 bits per heavy atom. The summed E-state index contributed by atoms with van der Waals surface area (Å²) >= 11 is 0. The standard InChI is InChI=1S/C13H12N2O3/c1-9-5-10(7-14-6-9)8-15-4-2-3-11(12(15)16)13(17)18/h2-7H,8H2,1H3,(H,17,18). The lowest BCUT2D eigenvalue weighted by molar-refractivity contribution is 0.0694. The Bertz CT molecular complexity index is 647. The molecule has 18 heavy (non-hydrogen) atoms. The predicted octanol–water partition coefficient (Wildman–Crippen LogP) is 1.30. The Labute approximate surface area is 103 Å². The van der Waals surface area contributed by atoms with E-state index in [-0.39, 0.29) is 5.56 Å². The van der Waals surface area contributed by atoms with Gasteiger partial charge in [0.25, 0.3) is 5.56 Å². The predicted molar refractivity (Wildman–Crippen MR) is 65.7 cm³/mol. The number of nitrogens with zero attached hydrogens (tertiary/aromatic N) is 2. The lowest BCUT2D eigenvalue weighted by Crippen LogP contribution is -2.26. The Morgan fingerprint density at radius 2 is 2.22 bits per heavy atom. The van der Waals surface area contributed by atoms with Crippen molar-refractivity contribution < 1.29 is 9.90 Å². The van der Waals surface area contributed by atoms with Crippen LogP contribution in [0.2, 0.25) is 0 Å². The maximum Gasteiger partial charge on any atom is 0.341 e. The van der Waals surface area contributed by atoms with Gasteiger partial charge in [0.15, 0.2) is 0 Å². The van der Waals surface area contributed by atoms with Crippen molar-refractivity contribution in [1.82, 2.24) is 9.55 Å². The first-order valence-electron chi connectivity index (χ1n) is 5.41. The molecule has 0 aliphatic carbocycles. The number of aryl methyl sites for hydroxylation is 1. The molecule has 0 aromatic carbocycles. The highest BCUT2D eigenvalue weighted by molar-refractivity contribution is 5.86. The van der Waals surface area contributed by atoms with Crippen molar-refractivity contribution >= 4 is 5.97 Å². The van der Waals surface area contributed by atoms with Crippen LogP contribution in [0.25, 0.3) is 0 Å². The third kappa shape index (κ3) is 2.45. The molecule has 5 nitrogen and oxygen atoms in total. The molecule has 0 spiro atoms. The second kappa shape index (κ2) is 4.83. The van der Waals surface area contributed by atoms with E-state index in [1.807, 2.05) is 13.0 Å². The highest BCUT2D eigenvalue weighted by atomic mass is 16.4. The Kier molecular flexibility index (Phi) is 3.23. The average Bonchev–Trinajstić information content (AvgIpc) is 2.31. The fourth-order valence-corrected chi connectivity index (χ4v) is 1.72. The number of hydrogen-bond acceptors (Lipinski definition) is 3. The smallest absolute Gasteiger partial charge is 0.341 e. The van der Waals surface area contributed by atoms with Crippen LogP contribution in [0.5, 0.6) is 0 Å². The lowest BCUT2D eigenvalue weighted by Gasteiger charge is -2.06. The van der Waals surface area contributed by atoms with Crippen molar-refractivity contribution in [2.45, 2.75) is 13.5 Å².